The summed E-state index contributed by atoms with van der Waals surface area (Å²) in [5.41, 5.74) is 2.91. The van der Waals surface area contributed by atoms with E-state index in [1.165, 1.54) is 17.5 Å². The minimum Gasteiger partial charge on any atom is -0.356 e. The number of aliphatic imine (C=N–C) groups is 1. The van der Waals surface area contributed by atoms with Crippen LogP contribution in [0.4, 0.5) is 0 Å². The van der Waals surface area contributed by atoms with Gasteiger partial charge in [0.1, 0.15) is 0 Å². The van der Waals surface area contributed by atoms with Crippen LogP contribution in [0.2, 0.25) is 0 Å². The van der Waals surface area contributed by atoms with Crippen LogP contribution in [0, 0.1) is 5.92 Å². The summed E-state index contributed by atoms with van der Waals surface area (Å²) in [6.07, 6.45) is 2.30. The van der Waals surface area contributed by atoms with Crippen molar-refractivity contribution in [2.75, 3.05) is 20.1 Å². The Labute approximate surface area is 116 Å². The van der Waals surface area contributed by atoms with Gasteiger partial charge in [0.15, 0.2) is 5.96 Å². The molecule has 0 radical (unpaired) electrons. The predicted octanol–water partition coefficient (Wildman–Crippen LogP) is 2.67. The summed E-state index contributed by atoms with van der Waals surface area (Å²) in [5.74, 6) is 1.77. The van der Waals surface area contributed by atoms with Crippen LogP contribution in [0.5, 0.6) is 0 Å². The van der Waals surface area contributed by atoms with Gasteiger partial charge in [-0.15, -0.1) is 0 Å². The van der Waals surface area contributed by atoms with E-state index < -0.39 is 0 Å². The summed E-state index contributed by atoms with van der Waals surface area (Å²) >= 11 is 0. The number of hydrogen-bond acceptors (Lipinski definition) is 1. The highest BCUT2D eigenvalue weighted by molar-refractivity contribution is 5.80. The highest BCUT2D eigenvalue weighted by atomic mass is 15.3. The molecule has 0 fully saturated rings. The molecule has 0 spiro atoms. The third kappa shape index (κ3) is 3.72. The Kier molecular flexibility index (Phi) is 4.83. The molecule has 0 saturated carbocycles. The Bertz CT molecular complexity index is 437. The number of rotatable bonds is 3. The Morgan fingerprint density at radius 1 is 1.32 bits per heavy atom. The van der Waals surface area contributed by atoms with Gasteiger partial charge in [-0.25, -0.2) is 0 Å². The Balaban J connectivity index is 1.95. The fraction of sp³-hybridized carbons (Fsp3) is 0.562. The number of nitrogens with one attached hydrogen (secondary N) is 1. The molecule has 19 heavy (non-hydrogen) atoms. The number of hydrogen-bond donors (Lipinski definition) is 1. The molecule has 1 N–H and O–H groups in total. The van der Waals surface area contributed by atoms with E-state index in [0.29, 0.717) is 0 Å². The number of guanidine groups is 1. The molecule has 0 amide bonds. The molecule has 0 saturated heterocycles. The number of benzene rings is 1. The smallest absolute Gasteiger partial charge is 0.193 e. The molecule has 0 atom stereocenters. The molecule has 1 aromatic rings. The van der Waals surface area contributed by atoms with Crippen molar-refractivity contribution in [2.24, 2.45) is 10.9 Å². The molecule has 104 valence electrons. The first kappa shape index (κ1) is 13.9. The van der Waals surface area contributed by atoms with Crippen molar-refractivity contribution in [1.82, 2.24) is 10.2 Å². The summed E-state index contributed by atoms with van der Waals surface area (Å²) in [6.45, 7) is 7.53. The van der Waals surface area contributed by atoms with Crippen LogP contribution in [0.1, 0.15) is 31.4 Å². The molecule has 1 aliphatic rings. The van der Waals surface area contributed by atoms with Crippen LogP contribution in [-0.4, -0.2) is 31.0 Å². The summed E-state index contributed by atoms with van der Waals surface area (Å²) in [5, 5.41) is 3.48. The molecule has 1 heterocycles. The van der Waals surface area contributed by atoms with Gasteiger partial charge in [-0.2, -0.15) is 0 Å². The second kappa shape index (κ2) is 6.60. The van der Waals surface area contributed by atoms with E-state index in [2.05, 4.69) is 53.3 Å². The summed E-state index contributed by atoms with van der Waals surface area (Å²) in [7, 11) is 1.87. The average molecular weight is 259 g/mol. The largest absolute Gasteiger partial charge is 0.356 e. The van der Waals surface area contributed by atoms with Gasteiger partial charge in [-0.05, 0) is 29.9 Å². The molecule has 3 nitrogen and oxygen atoms in total. The Morgan fingerprint density at radius 3 is 2.74 bits per heavy atom. The molecular weight excluding hydrogens is 234 g/mol. The van der Waals surface area contributed by atoms with E-state index in [1.807, 2.05) is 7.05 Å². The van der Waals surface area contributed by atoms with Gasteiger partial charge < -0.3 is 10.2 Å². The molecule has 1 aromatic carbocycles. The van der Waals surface area contributed by atoms with Crippen molar-refractivity contribution in [3.63, 3.8) is 0 Å². The van der Waals surface area contributed by atoms with Crippen LogP contribution in [0.15, 0.2) is 29.3 Å². The van der Waals surface area contributed by atoms with Crippen molar-refractivity contribution in [3.8, 4) is 0 Å². The molecule has 0 aromatic heterocycles. The normalized spacial score (nSPS) is 15.6. The molecule has 0 aliphatic carbocycles. The monoisotopic (exact) mass is 259 g/mol. The highest BCUT2D eigenvalue weighted by Gasteiger charge is 2.18. The molecule has 1 aliphatic heterocycles. The fourth-order valence-electron chi connectivity index (χ4n) is 2.48. The second-order valence-electron chi connectivity index (χ2n) is 5.60. The molecule has 2 rings (SSSR count). The predicted molar refractivity (Wildman–Crippen MR) is 81.4 cm³/mol. The van der Waals surface area contributed by atoms with Gasteiger partial charge >= 0.3 is 0 Å². The van der Waals surface area contributed by atoms with E-state index >= 15 is 0 Å². The van der Waals surface area contributed by atoms with Gasteiger partial charge in [0.25, 0.3) is 0 Å². The van der Waals surface area contributed by atoms with Gasteiger partial charge in [0, 0.05) is 26.7 Å². The van der Waals surface area contributed by atoms with Crippen molar-refractivity contribution in [1.29, 1.82) is 0 Å². The third-order valence-electron chi connectivity index (χ3n) is 3.65. The zero-order valence-corrected chi connectivity index (χ0v) is 12.3. The molecular formula is C16H25N3. The summed E-state index contributed by atoms with van der Waals surface area (Å²) in [4.78, 5) is 6.76. The Morgan fingerprint density at radius 2 is 2.05 bits per heavy atom. The number of nitrogens with zero attached hydrogens (tertiary/aromatic N) is 2. The lowest BCUT2D eigenvalue weighted by molar-refractivity contribution is 0.377. The zero-order valence-electron chi connectivity index (χ0n) is 12.3. The first-order valence-corrected chi connectivity index (χ1v) is 7.23. The number of fused-ring (bicyclic) bond motifs is 1. The van der Waals surface area contributed by atoms with E-state index in [0.717, 1.165) is 37.9 Å². The lowest BCUT2D eigenvalue weighted by Crippen LogP contribution is -2.44. The van der Waals surface area contributed by atoms with E-state index in [9.17, 15) is 0 Å². The summed E-state index contributed by atoms with van der Waals surface area (Å²) < 4.78 is 0. The van der Waals surface area contributed by atoms with E-state index in [4.69, 9.17) is 0 Å². The van der Waals surface area contributed by atoms with Crippen LogP contribution in [0.3, 0.4) is 0 Å². The maximum absolute atomic E-state index is 4.41. The maximum Gasteiger partial charge on any atom is 0.193 e. The summed E-state index contributed by atoms with van der Waals surface area (Å²) in [6, 6.07) is 8.71. The minimum absolute atomic E-state index is 0.729. The van der Waals surface area contributed by atoms with Gasteiger partial charge in [-0.3, -0.25) is 4.99 Å². The van der Waals surface area contributed by atoms with Crippen LogP contribution < -0.4 is 5.32 Å². The first-order valence-electron chi connectivity index (χ1n) is 7.23. The van der Waals surface area contributed by atoms with Crippen molar-refractivity contribution < 1.29 is 0 Å². The third-order valence-corrected chi connectivity index (χ3v) is 3.65. The van der Waals surface area contributed by atoms with Crippen molar-refractivity contribution in [2.45, 2.75) is 33.2 Å². The molecule has 0 unspecified atom stereocenters. The van der Waals surface area contributed by atoms with Crippen LogP contribution >= 0.6 is 0 Å². The van der Waals surface area contributed by atoms with Gasteiger partial charge in [0.05, 0.1) is 0 Å². The maximum atomic E-state index is 4.41. The molecule has 0 bridgehead atoms. The first-order chi connectivity index (χ1) is 9.20. The standard InChI is InChI=1S/C16H25N3/c1-13(2)8-10-18-16(17-3)19-11-9-14-6-4-5-7-15(14)12-19/h4-7,13H,8-12H2,1-3H3,(H,17,18). The lowest BCUT2D eigenvalue weighted by atomic mass is 10.0. The quantitative estimate of drug-likeness (QED) is 0.667. The second-order valence-corrected chi connectivity index (χ2v) is 5.60. The minimum atomic E-state index is 0.729. The van der Waals surface area contributed by atoms with Crippen LogP contribution in [-0.2, 0) is 13.0 Å². The van der Waals surface area contributed by atoms with E-state index in [1.54, 1.807) is 0 Å². The van der Waals surface area contributed by atoms with E-state index in [-0.39, 0.29) is 0 Å². The lowest BCUT2D eigenvalue weighted by Gasteiger charge is -2.31. The van der Waals surface area contributed by atoms with Gasteiger partial charge in [-0.1, -0.05) is 38.1 Å². The van der Waals surface area contributed by atoms with Gasteiger partial charge in [0.2, 0.25) is 0 Å². The SMILES string of the molecule is CN=C(NCCC(C)C)N1CCc2ccccc2C1. The topological polar surface area (TPSA) is 27.6 Å². The average Bonchev–Trinajstić information content (AvgIpc) is 2.43. The Hall–Kier alpha value is -1.51. The van der Waals surface area contributed by atoms with Crippen molar-refractivity contribution >= 4 is 5.96 Å². The van der Waals surface area contributed by atoms with Crippen LogP contribution in [0.25, 0.3) is 0 Å². The van der Waals surface area contributed by atoms with Crippen molar-refractivity contribution in [3.05, 3.63) is 35.4 Å². The highest BCUT2D eigenvalue weighted by Crippen LogP contribution is 2.18. The fourth-order valence-corrected chi connectivity index (χ4v) is 2.48. The molecule has 3 heteroatoms. The zero-order chi connectivity index (χ0) is 13.7.